The Morgan fingerprint density at radius 3 is 2.85 bits per heavy atom. The van der Waals surface area contributed by atoms with Crippen molar-refractivity contribution in [1.82, 2.24) is 10.2 Å². The van der Waals surface area contributed by atoms with Crippen LogP contribution in [0.2, 0.25) is 0 Å². The molecular formula is C19H29F2IN4. The zero-order chi connectivity index (χ0) is 18.2. The van der Waals surface area contributed by atoms with Crippen molar-refractivity contribution in [2.45, 2.75) is 19.3 Å². The van der Waals surface area contributed by atoms with Gasteiger partial charge in [-0.2, -0.15) is 0 Å². The Balaban J connectivity index is 0.00000338. The smallest absolute Gasteiger partial charge is 0.193 e. The SMILES string of the molecule is C=CCCCN(C)C(=NC)NCC1CCN(c2ccc(F)c(F)c2)C1.I. The molecule has 7 heteroatoms. The minimum atomic E-state index is -0.801. The minimum absolute atomic E-state index is 0. The molecular weight excluding hydrogens is 449 g/mol. The van der Waals surface area contributed by atoms with Crippen LogP contribution in [0.5, 0.6) is 0 Å². The highest BCUT2D eigenvalue weighted by Crippen LogP contribution is 2.25. The van der Waals surface area contributed by atoms with E-state index in [1.807, 2.05) is 13.1 Å². The number of allylic oxidation sites excluding steroid dienone is 1. The molecule has 0 aliphatic carbocycles. The molecule has 1 N–H and O–H groups in total. The molecule has 0 saturated carbocycles. The van der Waals surface area contributed by atoms with E-state index in [1.165, 1.54) is 12.1 Å². The van der Waals surface area contributed by atoms with Crippen LogP contribution in [0, 0.1) is 17.6 Å². The standard InChI is InChI=1S/C19H28F2N4.HI/c1-4-5-6-10-24(3)19(22-2)23-13-15-9-11-25(14-15)16-7-8-17(20)18(21)12-16;/h4,7-8,12,15H,1,5-6,9-11,13-14H2,2-3H3,(H,22,23);1H. The molecule has 26 heavy (non-hydrogen) atoms. The Morgan fingerprint density at radius 1 is 1.42 bits per heavy atom. The zero-order valence-corrected chi connectivity index (χ0v) is 17.9. The van der Waals surface area contributed by atoms with Crippen LogP contribution in [0.15, 0.2) is 35.8 Å². The van der Waals surface area contributed by atoms with Gasteiger partial charge in [-0.1, -0.05) is 6.08 Å². The van der Waals surface area contributed by atoms with Crippen molar-refractivity contribution in [2.24, 2.45) is 10.9 Å². The first-order chi connectivity index (χ1) is 12.0. The summed E-state index contributed by atoms with van der Waals surface area (Å²) in [6.07, 6.45) is 4.99. The molecule has 0 radical (unpaired) electrons. The predicted octanol–water partition coefficient (Wildman–Crippen LogP) is 3.88. The molecule has 0 spiro atoms. The van der Waals surface area contributed by atoms with Gasteiger partial charge in [0.05, 0.1) is 0 Å². The van der Waals surface area contributed by atoms with Gasteiger partial charge in [0.2, 0.25) is 0 Å². The van der Waals surface area contributed by atoms with Gasteiger partial charge in [-0.05, 0) is 37.3 Å². The number of guanidine groups is 1. The van der Waals surface area contributed by atoms with Gasteiger partial charge in [0, 0.05) is 52.0 Å². The fourth-order valence-corrected chi connectivity index (χ4v) is 3.11. The average Bonchev–Trinajstić information content (AvgIpc) is 3.07. The molecule has 2 rings (SSSR count). The highest BCUT2D eigenvalue weighted by molar-refractivity contribution is 14.0. The molecule has 1 aliphatic heterocycles. The van der Waals surface area contributed by atoms with Crippen LogP contribution < -0.4 is 10.2 Å². The lowest BCUT2D eigenvalue weighted by Crippen LogP contribution is -2.41. The van der Waals surface area contributed by atoms with E-state index in [0.29, 0.717) is 5.92 Å². The van der Waals surface area contributed by atoms with Crippen LogP contribution >= 0.6 is 24.0 Å². The Kier molecular flexibility index (Phi) is 9.90. The number of hydrogen-bond donors (Lipinski definition) is 1. The van der Waals surface area contributed by atoms with E-state index >= 15 is 0 Å². The van der Waals surface area contributed by atoms with Gasteiger partial charge in [-0.3, -0.25) is 4.99 Å². The van der Waals surface area contributed by atoms with Crippen molar-refractivity contribution in [2.75, 3.05) is 45.2 Å². The van der Waals surface area contributed by atoms with E-state index < -0.39 is 11.6 Å². The van der Waals surface area contributed by atoms with Gasteiger partial charge in [-0.15, -0.1) is 30.6 Å². The summed E-state index contributed by atoms with van der Waals surface area (Å²) in [7, 11) is 3.81. The first-order valence-corrected chi connectivity index (χ1v) is 8.77. The molecule has 0 aromatic heterocycles. The molecule has 1 aromatic rings. The number of aliphatic imine (C=N–C) groups is 1. The van der Waals surface area contributed by atoms with E-state index in [4.69, 9.17) is 0 Å². The number of unbranched alkanes of at least 4 members (excludes halogenated alkanes) is 1. The van der Waals surface area contributed by atoms with Gasteiger partial charge >= 0.3 is 0 Å². The molecule has 1 aromatic carbocycles. The highest BCUT2D eigenvalue weighted by Gasteiger charge is 2.23. The van der Waals surface area contributed by atoms with Crippen LogP contribution in [-0.2, 0) is 0 Å². The number of halogens is 3. The maximum atomic E-state index is 13.4. The summed E-state index contributed by atoms with van der Waals surface area (Å²) in [6.45, 7) is 7.17. The molecule has 1 fully saturated rings. The van der Waals surface area contributed by atoms with Crippen LogP contribution in [-0.4, -0.2) is 51.1 Å². The number of nitrogens with zero attached hydrogens (tertiary/aromatic N) is 3. The predicted molar refractivity (Wildman–Crippen MR) is 116 cm³/mol. The van der Waals surface area contributed by atoms with Crippen molar-refractivity contribution in [1.29, 1.82) is 0 Å². The summed E-state index contributed by atoms with van der Waals surface area (Å²) in [4.78, 5) is 8.55. The molecule has 1 unspecified atom stereocenters. The third-order valence-corrected chi connectivity index (χ3v) is 4.58. The second-order valence-corrected chi connectivity index (χ2v) is 6.48. The maximum absolute atomic E-state index is 13.4. The average molecular weight is 478 g/mol. The van der Waals surface area contributed by atoms with Crippen molar-refractivity contribution in [3.63, 3.8) is 0 Å². The van der Waals surface area contributed by atoms with Gasteiger partial charge in [0.15, 0.2) is 17.6 Å². The topological polar surface area (TPSA) is 30.9 Å². The van der Waals surface area contributed by atoms with Crippen molar-refractivity contribution >= 4 is 35.6 Å². The summed E-state index contributed by atoms with van der Waals surface area (Å²) in [5.41, 5.74) is 0.743. The maximum Gasteiger partial charge on any atom is 0.193 e. The Hall–Kier alpha value is -1.38. The first-order valence-electron chi connectivity index (χ1n) is 8.77. The largest absolute Gasteiger partial charge is 0.371 e. The summed E-state index contributed by atoms with van der Waals surface area (Å²) in [5, 5.41) is 3.42. The lowest BCUT2D eigenvalue weighted by atomic mass is 10.1. The van der Waals surface area contributed by atoms with E-state index in [2.05, 4.69) is 26.7 Å². The molecule has 146 valence electrons. The van der Waals surface area contributed by atoms with E-state index in [0.717, 1.165) is 57.1 Å². The van der Waals surface area contributed by atoms with Crippen molar-refractivity contribution < 1.29 is 8.78 Å². The minimum Gasteiger partial charge on any atom is -0.371 e. The van der Waals surface area contributed by atoms with Gasteiger partial charge in [0.1, 0.15) is 0 Å². The van der Waals surface area contributed by atoms with Crippen LogP contribution in [0.1, 0.15) is 19.3 Å². The quantitative estimate of drug-likeness (QED) is 0.212. The molecule has 1 atom stereocenters. The fraction of sp³-hybridized carbons (Fsp3) is 0.526. The molecule has 1 heterocycles. The third kappa shape index (κ3) is 6.41. The summed E-state index contributed by atoms with van der Waals surface area (Å²) >= 11 is 0. The molecule has 1 saturated heterocycles. The molecule has 0 bridgehead atoms. The van der Waals surface area contributed by atoms with E-state index in [1.54, 1.807) is 13.1 Å². The zero-order valence-electron chi connectivity index (χ0n) is 15.5. The third-order valence-electron chi connectivity index (χ3n) is 4.58. The molecule has 4 nitrogen and oxygen atoms in total. The lowest BCUT2D eigenvalue weighted by molar-refractivity contribution is 0.458. The number of nitrogens with one attached hydrogen (secondary N) is 1. The summed E-state index contributed by atoms with van der Waals surface area (Å²) in [6, 6.07) is 4.11. The number of benzene rings is 1. The normalized spacial score (nSPS) is 17.0. The molecule has 1 aliphatic rings. The molecule has 0 amide bonds. The number of hydrogen-bond acceptors (Lipinski definition) is 2. The number of rotatable bonds is 7. The monoisotopic (exact) mass is 478 g/mol. The lowest BCUT2D eigenvalue weighted by Gasteiger charge is -2.23. The van der Waals surface area contributed by atoms with Gasteiger partial charge in [-0.25, -0.2) is 8.78 Å². The summed E-state index contributed by atoms with van der Waals surface area (Å²) in [5.74, 6) is -0.258. The van der Waals surface area contributed by atoms with Crippen molar-refractivity contribution in [3.05, 3.63) is 42.5 Å². The Bertz CT molecular complexity index is 609. The first kappa shape index (κ1) is 22.7. The van der Waals surface area contributed by atoms with Crippen molar-refractivity contribution in [3.8, 4) is 0 Å². The Labute approximate surface area is 172 Å². The van der Waals surface area contributed by atoms with Gasteiger partial charge < -0.3 is 15.1 Å². The number of anilines is 1. The van der Waals surface area contributed by atoms with Gasteiger partial charge in [0.25, 0.3) is 0 Å². The van der Waals surface area contributed by atoms with Crippen LogP contribution in [0.4, 0.5) is 14.5 Å². The van der Waals surface area contributed by atoms with E-state index in [-0.39, 0.29) is 24.0 Å². The van der Waals surface area contributed by atoms with E-state index in [9.17, 15) is 8.78 Å². The second-order valence-electron chi connectivity index (χ2n) is 6.48. The summed E-state index contributed by atoms with van der Waals surface area (Å²) < 4.78 is 26.5. The van der Waals surface area contributed by atoms with Crippen LogP contribution in [0.3, 0.4) is 0 Å². The fourth-order valence-electron chi connectivity index (χ4n) is 3.11. The Morgan fingerprint density at radius 2 is 2.19 bits per heavy atom. The van der Waals surface area contributed by atoms with Crippen LogP contribution in [0.25, 0.3) is 0 Å². The second kappa shape index (κ2) is 11.4. The highest BCUT2D eigenvalue weighted by atomic mass is 127.